The summed E-state index contributed by atoms with van der Waals surface area (Å²) in [6, 6.07) is 0. The molecule has 0 rings (SSSR count). The van der Waals surface area contributed by atoms with Crippen LogP contribution in [0.1, 0.15) is 200 Å². The number of esters is 2. The maximum absolute atomic E-state index is 12.4. The molecule has 298 valence electrons. The normalized spacial score (nSPS) is 12.8. The molecular formula is C42H77O8P. The lowest BCUT2D eigenvalue weighted by Gasteiger charge is -2.18. The van der Waals surface area contributed by atoms with E-state index >= 15 is 0 Å². The largest absolute Gasteiger partial charge is 0.469 e. The van der Waals surface area contributed by atoms with E-state index in [0.717, 1.165) is 77.0 Å². The van der Waals surface area contributed by atoms with Crippen LogP contribution in [0.25, 0.3) is 0 Å². The zero-order valence-corrected chi connectivity index (χ0v) is 33.6. The first-order valence-electron chi connectivity index (χ1n) is 20.8. The van der Waals surface area contributed by atoms with E-state index in [1.54, 1.807) is 0 Å². The average molecular weight is 741 g/mol. The Labute approximate surface area is 312 Å². The summed E-state index contributed by atoms with van der Waals surface area (Å²) in [6.45, 7) is 3.63. The Bertz CT molecular complexity index is 926. The van der Waals surface area contributed by atoms with Gasteiger partial charge >= 0.3 is 19.8 Å². The van der Waals surface area contributed by atoms with E-state index in [4.69, 9.17) is 19.3 Å². The van der Waals surface area contributed by atoms with Crippen LogP contribution in [0.5, 0.6) is 0 Å². The van der Waals surface area contributed by atoms with Crippen molar-refractivity contribution in [1.82, 2.24) is 0 Å². The van der Waals surface area contributed by atoms with Gasteiger partial charge in [-0.2, -0.15) is 0 Å². The second kappa shape index (κ2) is 38.0. The molecule has 51 heavy (non-hydrogen) atoms. The molecule has 0 amide bonds. The van der Waals surface area contributed by atoms with Gasteiger partial charge in [0.1, 0.15) is 6.61 Å². The lowest BCUT2D eigenvalue weighted by atomic mass is 10.1. The molecule has 0 aliphatic carbocycles. The van der Waals surface area contributed by atoms with Crippen molar-refractivity contribution in [2.45, 2.75) is 206 Å². The van der Waals surface area contributed by atoms with E-state index in [2.05, 4.69) is 54.8 Å². The number of carbonyl (C=O) groups excluding carboxylic acids is 2. The van der Waals surface area contributed by atoms with E-state index < -0.39 is 32.5 Å². The van der Waals surface area contributed by atoms with Crippen molar-refractivity contribution in [2.75, 3.05) is 13.2 Å². The Kier molecular flexibility index (Phi) is 36.7. The summed E-state index contributed by atoms with van der Waals surface area (Å²) in [7, 11) is -4.76. The first-order valence-corrected chi connectivity index (χ1v) is 22.3. The first kappa shape index (κ1) is 49.3. The van der Waals surface area contributed by atoms with Crippen molar-refractivity contribution in [1.29, 1.82) is 0 Å². The predicted molar refractivity (Wildman–Crippen MR) is 211 cm³/mol. The fourth-order valence-corrected chi connectivity index (χ4v) is 6.10. The zero-order valence-electron chi connectivity index (χ0n) is 32.8. The Morgan fingerprint density at radius 3 is 1.37 bits per heavy atom. The second-order valence-electron chi connectivity index (χ2n) is 14.0. The number of unbranched alkanes of at least 4 members (excludes halogenated alkanes) is 22. The number of phosphoric ester groups is 1. The van der Waals surface area contributed by atoms with Crippen molar-refractivity contribution >= 4 is 19.8 Å². The van der Waals surface area contributed by atoms with E-state index in [1.165, 1.54) is 89.9 Å². The minimum absolute atomic E-state index is 0.195. The lowest BCUT2D eigenvalue weighted by Crippen LogP contribution is -2.29. The standard InChI is InChI=1S/C42H77O8P/c1-3-5-7-9-11-13-15-17-19-20-21-22-23-25-26-28-30-32-34-36-41(43)48-38-40(39-49-51(45,46)47)50-42(44)37-35-33-31-29-27-24-18-16-14-12-10-8-6-4-2/h10,12,16,18,20-21,40H,3-9,11,13-15,17,19,22-39H2,1-2H3,(H2,45,46,47)/b12-10-,18-16-,21-20-/t40-/m1/s1. The highest BCUT2D eigenvalue weighted by Crippen LogP contribution is 2.36. The van der Waals surface area contributed by atoms with Gasteiger partial charge < -0.3 is 19.3 Å². The molecule has 0 radical (unpaired) electrons. The summed E-state index contributed by atoms with van der Waals surface area (Å²) in [5.41, 5.74) is 0. The molecule has 0 saturated carbocycles. The van der Waals surface area contributed by atoms with Crippen LogP contribution in [0.15, 0.2) is 36.5 Å². The maximum atomic E-state index is 12.4. The Hall–Kier alpha value is -1.73. The third kappa shape index (κ3) is 40.9. The van der Waals surface area contributed by atoms with E-state index in [1.807, 2.05) is 0 Å². The van der Waals surface area contributed by atoms with Crippen LogP contribution >= 0.6 is 7.82 Å². The van der Waals surface area contributed by atoms with Gasteiger partial charge in [-0.15, -0.1) is 0 Å². The van der Waals surface area contributed by atoms with Gasteiger partial charge in [0.25, 0.3) is 0 Å². The van der Waals surface area contributed by atoms with Crippen molar-refractivity contribution in [3.63, 3.8) is 0 Å². The lowest BCUT2D eigenvalue weighted by molar-refractivity contribution is -0.161. The minimum Gasteiger partial charge on any atom is -0.462 e. The second-order valence-corrected chi connectivity index (χ2v) is 15.2. The van der Waals surface area contributed by atoms with Gasteiger partial charge in [0.05, 0.1) is 6.61 Å². The highest BCUT2D eigenvalue weighted by molar-refractivity contribution is 7.46. The fraction of sp³-hybridized carbons (Fsp3) is 0.810. The summed E-state index contributed by atoms with van der Waals surface area (Å²) < 4.78 is 26.4. The molecule has 0 unspecified atom stereocenters. The Morgan fingerprint density at radius 2 is 0.902 bits per heavy atom. The summed E-state index contributed by atoms with van der Waals surface area (Å²) in [5.74, 6) is -0.903. The fourth-order valence-electron chi connectivity index (χ4n) is 5.74. The number of hydrogen-bond donors (Lipinski definition) is 2. The van der Waals surface area contributed by atoms with Gasteiger partial charge in [0.2, 0.25) is 0 Å². The highest BCUT2D eigenvalue weighted by Gasteiger charge is 2.22. The molecule has 1 atom stereocenters. The predicted octanol–water partition coefficient (Wildman–Crippen LogP) is 12.6. The van der Waals surface area contributed by atoms with Crippen molar-refractivity contribution < 1.29 is 37.9 Å². The molecule has 0 saturated heterocycles. The van der Waals surface area contributed by atoms with E-state index in [-0.39, 0.29) is 19.4 Å². The number of carbonyl (C=O) groups is 2. The summed E-state index contributed by atoms with van der Waals surface area (Å²) in [5, 5.41) is 0. The summed E-state index contributed by atoms with van der Waals surface area (Å²) in [6.07, 6.45) is 44.4. The number of ether oxygens (including phenoxy) is 2. The van der Waals surface area contributed by atoms with E-state index in [9.17, 15) is 14.2 Å². The van der Waals surface area contributed by atoms with Crippen LogP contribution in [0.4, 0.5) is 0 Å². The Balaban J connectivity index is 3.92. The van der Waals surface area contributed by atoms with Crippen molar-refractivity contribution in [2.24, 2.45) is 0 Å². The maximum Gasteiger partial charge on any atom is 0.469 e. The van der Waals surface area contributed by atoms with Crippen molar-refractivity contribution in [3.05, 3.63) is 36.5 Å². The van der Waals surface area contributed by atoms with Crippen LogP contribution in [-0.2, 0) is 28.2 Å². The molecule has 0 aliphatic heterocycles. The van der Waals surface area contributed by atoms with Gasteiger partial charge in [-0.1, -0.05) is 159 Å². The monoisotopic (exact) mass is 741 g/mol. The first-order chi connectivity index (χ1) is 24.8. The van der Waals surface area contributed by atoms with Gasteiger partial charge in [-0.25, -0.2) is 4.57 Å². The zero-order chi connectivity index (χ0) is 37.5. The van der Waals surface area contributed by atoms with Gasteiger partial charge in [-0.05, 0) is 64.2 Å². The van der Waals surface area contributed by atoms with Crippen LogP contribution in [0.3, 0.4) is 0 Å². The number of phosphoric acid groups is 1. The molecule has 2 N–H and O–H groups in total. The van der Waals surface area contributed by atoms with Crippen LogP contribution in [-0.4, -0.2) is 41.0 Å². The molecule has 0 aromatic carbocycles. The van der Waals surface area contributed by atoms with Gasteiger partial charge in [-0.3, -0.25) is 14.1 Å². The molecule has 0 aromatic heterocycles. The quantitative estimate of drug-likeness (QED) is 0.0278. The number of allylic oxidation sites excluding steroid dienone is 6. The molecule has 0 heterocycles. The molecule has 0 spiro atoms. The smallest absolute Gasteiger partial charge is 0.462 e. The average Bonchev–Trinajstić information content (AvgIpc) is 3.10. The third-order valence-electron chi connectivity index (χ3n) is 8.88. The topological polar surface area (TPSA) is 119 Å². The van der Waals surface area contributed by atoms with E-state index in [0.29, 0.717) is 6.42 Å². The summed E-state index contributed by atoms with van der Waals surface area (Å²) in [4.78, 5) is 42.8. The van der Waals surface area contributed by atoms with Gasteiger partial charge in [0, 0.05) is 12.8 Å². The van der Waals surface area contributed by atoms with Crippen molar-refractivity contribution in [3.8, 4) is 0 Å². The molecular weight excluding hydrogens is 663 g/mol. The summed E-state index contributed by atoms with van der Waals surface area (Å²) >= 11 is 0. The molecule has 9 heteroatoms. The van der Waals surface area contributed by atoms with Crippen LogP contribution in [0, 0.1) is 0 Å². The molecule has 0 bridgehead atoms. The number of rotatable bonds is 38. The highest BCUT2D eigenvalue weighted by atomic mass is 31.2. The van der Waals surface area contributed by atoms with Crippen LogP contribution in [0.2, 0.25) is 0 Å². The van der Waals surface area contributed by atoms with Crippen LogP contribution < -0.4 is 0 Å². The minimum atomic E-state index is -4.76. The number of hydrogen-bond acceptors (Lipinski definition) is 6. The molecule has 0 aromatic rings. The third-order valence-corrected chi connectivity index (χ3v) is 9.37. The molecule has 0 aliphatic rings. The molecule has 0 fully saturated rings. The molecule has 8 nitrogen and oxygen atoms in total. The Morgan fingerprint density at radius 1 is 0.510 bits per heavy atom. The SMILES string of the molecule is CCCC/C=C\C/C=C\CCCCCCCC(=O)O[C@H](COC(=O)CCCCCCCCC/C=C\CCCCCCCCCC)COP(=O)(O)O. The van der Waals surface area contributed by atoms with Gasteiger partial charge in [0.15, 0.2) is 6.10 Å².